The minimum Gasteiger partial charge on any atom is -0.497 e. The normalized spacial score (nSPS) is 10.4. The number of aryl methyl sites for hydroxylation is 1. The number of hydrogen-bond acceptors (Lipinski definition) is 4. The monoisotopic (exact) mass is 282 g/mol. The molecule has 106 valence electrons. The van der Waals surface area contributed by atoms with Gasteiger partial charge in [0.15, 0.2) is 5.82 Å². The van der Waals surface area contributed by atoms with Crippen molar-refractivity contribution in [3.05, 3.63) is 35.0 Å². The molecule has 0 atom stereocenters. The van der Waals surface area contributed by atoms with Crippen LogP contribution in [0, 0.1) is 18.6 Å². The molecule has 0 aliphatic heterocycles. The van der Waals surface area contributed by atoms with Crippen molar-refractivity contribution >= 4 is 11.7 Å². The van der Waals surface area contributed by atoms with Gasteiger partial charge in [-0.15, -0.1) is 5.10 Å². The lowest BCUT2D eigenvalue weighted by Crippen LogP contribution is -2.17. The van der Waals surface area contributed by atoms with Crippen LogP contribution in [0.2, 0.25) is 0 Å². The summed E-state index contributed by atoms with van der Waals surface area (Å²) in [7, 11) is 2.91. The molecule has 0 radical (unpaired) electrons. The second-order valence-electron chi connectivity index (χ2n) is 4.07. The maximum atomic E-state index is 13.7. The van der Waals surface area contributed by atoms with Crippen molar-refractivity contribution in [2.75, 3.05) is 12.4 Å². The first-order chi connectivity index (χ1) is 9.43. The van der Waals surface area contributed by atoms with Gasteiger partial charge in [-0.05, 0) is 6.92 Å². The average molecular weight is 282 g/mol. The topological polar surface area (TPSA) is 69.0 Å². The van der Waals surface area contributed by atoms with Crippen LogP contribution in [0.5, 0.6) is 5.75 Å². The molecule has 0 aliphatic rings. The summed E-state index contributed by atoms with van der Waals surface area (Å²) in [6.07, 6.45) is 0. The van der Waals surface area contributed by atoms with Crippen molar-refractivity contribution in [1.82, 2.24) is 15.0 Å². The Bertz CT molecular complexity index is 646. The molecule has 0 saturated carbocycles. The molecule has 6 nitrogen and oxygen atoms in total. The minimum absolute atomic E-state index is 0.00719. The maximum Gasteiger partial charge on any atom is 0.262 e. The Hall–Kier alpha value is -2.51. The molecular weight excluding hydrogens is 270 g/mol. The van der Waals surface area contributed by atoms with E-state index in [4.69, 9.17) is 4.74 Å². The second kappa shape index (κ2) is 5.24. The van der Waals surface area contributed by atoms with Crippen LogP contribution in [-0.2, 0) is 7.05 Å². The fraction of sp³-hybridized carbons (Fsp3) is 0.250. The Labute approximate surface area is 113 Å². The molecule has 1 aromatic heterocycles. The van der Waals surface area contributed by atoms with Crippen molar-refractivity contribution in [3.63, 3.8) is 0 Å². The van der Waals surface area contributed by atoms with E-state index in [1.54, 1.807) is 14.0 Å². The van der Waals surface area contributed by atoms with E-state index in [9.17, 15) is 13.6 Å². The van der Waals surface area contributed by atoms with Crippen LogP contribution in [0.15, 0.2) is 12.1 Å². The largest absolute Gasteiger partial charge is 0.497 e. The van der Waals surface area contributed by atoms with Crippen LogP contribution in [-0.4, -0.2) is 28.0 Å². The highest BCUT2D eigenvalue weighted by atomic mass is 19.1. The summed E-state index contributed by atoms with van der Waals surface area (Å²) in [5, 5.41) is 9.68. The summed E-state index contributed by atoms with van der Waals surface area (Å²) in [4.78, 5) is 11.9. The number of amides is 1. The van der Waals surface area contributed by atoms with E-state index in [-0.39, 0.29) is 11.6 Å². The quantitative estimate of drug-likeness (QED) is 0.929. The van der Waals surface area contributed by atoms with Gasteiger partial charge in [-0.2, -0.15) is 0 Å². The van der Waals surface area contributed by atoms with Crippen LogP contribution in [0.1, 0.15) is 16.1 Å². The first-order valence-electron chi connectivity index (χ1n) is 5.64. The molecule has 0 unspecified atom stereocenters. The Morgan fingerprint density at radius 3 is 2.40 bits per heavy atom. The lowest BCUT2D eigenvalue weighted by molar-refractivity contribution is 0.101. The zero-order chi connectivity index (χ0) is 14.9. The molecular formula is C12H12F2N4O2. The molecule has 1 heterocycles. The van der Waals surface area contributed by atoms with E-state index in [1.807, 2.05) is 0 Å². The molecule has 0 bridgehead atoms. The van der Waals surface area contributed by atoms with Crippen LogP contribution in [0.4, 0.5) is 14.6 Å². The van der Waals surface area contributed by atoms with Crippen LogP contribution < -0.4 is 10.1 Å². The molecule has 20 heavy (non-hydrogen) atoms. The highest BCUT2D eigenvalue weighted by Crippen LogP contribution is 2.21. The van der Waals surface area contributed by atoms with Gasteiger partial charge in [0, 0.05) is 19.2 Å². The fourth-order valence-electron chi connectivity index (χ4n) is 1.57. The van der Waals surface area contributed by atoms with Crippen LogP contribution in [0.25, 0.3) is 0 Å². The van der Waals surface area contributed by atoms with E-state index in [0.717, 1.165) is 12.1 Å². The number of methoxy groups -OCH3 is 1. The van der Waals surface area contributed by atoms with Crippen LogP contribution >= 0.6 is 0 Å². The summed E-state index contributed by atoms with van der Waals surface area (Å²) in [5.74, 6) is -2.83. The van der Waals surface area contributed by atoms with E-state index in [2.05, 4.69) is 15.6 Å². The number of nitrogens with one attached hydrogen (secondary N) is 1. The molecule has 1 aromatic carbocycles. The van der Waals surface area contributed by atoms with Gasteiger partial charge in [-0.25, -0.2) is 8.78 Å². The SMILES string of the molecule is COc1cc(F)c(C(=O)Nc2nnn(C)c2C)c(F)c1. The highest BCUT2D eigenvalue weighted by molar-refractivity contribution is 6.04. The predicted octanol–water partition coefficient (Wildman–Crippen LogP) is 1.66. The Balaban J connectivity index is 2.32. The number of carbonyl (C=O) groups is 1. The number of rotatable bonds is 3. The lowest BCUT2D eigenvalue weighted by Gasteiger charge is -2.07. The minimum atomic E-state index is -1.01. The molecule has 0 spiro atoms. The number of carbonyl (C=O) groups excluding carboxylic acids is 1. The first kappa shape index (κ1) is 13.9. The number of nitrogens with zero attached hydrogens (tertiary/aromatic N) is 3. The molecule has 0 fully saturated rings. The third-order valence-corrected chi connectivity index (χ3v) is 2.82. The number of halogens is 2. The molecule has 0 saturated heterocycles. The zero-order valence-electron chi connectivity index (χ0n) is 11.1. The third kappa shape index (κ3) is 2.44. The van der Waals surface area contributed by atoms with Crippen molar-refractivity contribution in [2.24, 2.45) is 7.05 Å². The van der Waals surface area contributed by atoms with Gasteiger partial charge in [0.25, 0.3) is 5.91 Å². The van der Waals surface area contributed by atoms with Gasteiger partial charge in [-0.3, -0.25) is 9.48 Å². The Morgan fingerprint density at radius 1 is 1.35 bits per heavy atom. The number of anilines is 1. The summed E-state index contributed by atoms with van der Waals surface area (Å²) in [5.41, 5.74) is -0.136. The van der Waals surface area contributed by atoms with Gasteiger partial charge in [0.05, 0.1) is 12.8 Å². The van der Waals surface area contributed by atoms with E-state index >= 15 is 0 Å². The van der Waals surface area contributed by atoms with Crippen molar-refractivity contribution in [3.8, 4) is 5.75 Å². The molecule has 1 amide bonds. The predicted molar refractivity (Wildman–Crippen MR) is 66.6 cm³/mol. The van der Waals surface area contributed by atoms with E-state index in [1.165, 1.54) is 11.8 Å². The summed E-state index contributed by atoms with van der Waals surface area (Å²) >= 11 is 0. The Morgan fingerprint density at radius 2 is 1.95 bits per heavy atom. The molecule has 1 N–H and O–H groups in total. The van der Waals surface area contributed by atoms with E-state index < -0.39 is 23.1 Å². The van der Waals surface area contributed by atoms with Gasteiger partial charge in [-0.1, -0.05) is 5.21 Å². The number of aromatic nitrogens is 3. The smallest absolute Gasteiger partial charge is 0.262 e. The average Bonchev–Trinajstić information content (AvgIpc) is 2.69. The number of benzene rings is 1. The standard InChI is InChI=1S/C12H12F2N4O2/c1-6-11(16-17-18(6)2)15-12(19)10-8(13)4-7(20-3)5-9(10)14/h4-5H,1-3H3,(H,15,19). The van der Waals surface area contributed by atoms with Crippen LogP contribution in [0.3, 0.4) is 0 Å². The van der Waals surface area contributed by atoms with Crippen molar-refractivity contribution < 1.29 is 18.3 Å². The summed E-state index contributed by atoms with van der Waals surface area (Å²) < 4.78 is 33.6. The second-order valence-corrected chi connectivity index (χ2v) is 4.07. The fourth-order valence-corrected chi connectivity index (χ4v) is 1.57. The molecule has 0 aliphatic carbocycles. The third-order valence-electron chi connectivity index (χ3n) is 2.82. The number of hydrogen-bond donors (Lipinski definition) is 1. The van der Waals surface area contributed by atoms with Gasteiger partial charge in [0.1, 0.15) is 22.9 Å². The van der Waals surface area contributed by atoms with Gasteiger partial charge < -0.3 is 10.1 Å². The molecule has 8 heteroatoms. The van der Waals surface area contributed by atoms with Gasteiger partial charge >= 0.3 is 0 Å². The molecule has 2 aromatic rings. The van der Waals surface area contributed by atoms with Crippen molar-refractivity contribution in [1.29, 1.82) is 0 Å². The molecule has 2 rings (SSSR count). The maximum absolute atomic E-state index is 13.7. The van der Waals surface area contributed by atoms with E-state index in [0.29, 0.717) is 5.69 Å². The highest BCUT2D eigenvalue weighted by Gasteiger charge is 2.21. The van der Waals surface area contributed by atoms with Gasteiger partial charge in [0.2, 0.25) is 0 Å². The summed E-state index contributed by atoms with van der Waals surface area (Å²) in [6, 6.07) is 1.86. The summed E-state index contributed by atoms with van der Waals surface area (Å²) in [6.45, 7) is 1.66. The Kier molecular flexibility index (Phi) is 3.64. The zero-order valence-corrected chi connectivity index (χ0v) is 11.1. The van der Waals surface area contributed by atoms with Crippen molar-refractivity contribution in [2.45, 2.75) is 6.92 Å². The number of ether oxygens (including phenoxy) is 1. The first-order valence-corrected chi connectivity index (χ1v) is 5.64. The lowest BCUT2D eigenvalue weighted by atomic mass is 10.1.